The Morgan fingerprint density at radius 3 is 2.80 bits per heavy atom. The summed E-state index contributed by atoms with van der Waals surface area (Å²) in [6, 6.07) is 4.51. The highest BCUT2D eigenvalue weighted by molar-refractivity contribution is 9.10. The molecule has 0 unspecified atom stereocenters. The molecule has 1 aromatic heterocycles. The highest BCUT2D eigenvalue weighted by atomic mass is 79.9. The van der Waals surface area contributed by atoms with Crippen molar-refractivity contribution in [2.45, 2.75) is 20.4 Å². The van der Waals surface area contributed by atoms with Gasteiger partial charge in [0.2, 0.25) is 0 Å². The van der Waals surface area contributed by atoms with E-state index in [1.165, 1.54) is 10.7 Å². The van der Waals surface area contributed by atoms with Crippen molar-refractivity contribution in [3.05, 3.63) is 28.5 Å². The first-order chi connectivity index (χ1) is 9.33. The predicted octanol–water partition coefficient (Wildman–Crippen LogP) is 2.35. The summed E-state index contributed by atoms with van der Waals surface area (Å²) in [4.78, 5) is 11.2. The number of nitrogens with zero attached hydrogens (tertiary/aromatic N) is 4. The SMILES string of the molecule is CC(C)(Cn1nnnc1-c1c(F)cccc1Br)C(=O)O. The van der Waals surface area contributed by atoms with Gasteiger partial charge in [-0.05, 0) is 52.3 Å². The maximum absolute atomic E-state index is 13.9. The molecule has 0 bridgehead atoms. The molecular weight excluding hydrogens is 331 g/mol. The van der Waals surface area contributed by atoms with Crippen molar-refractivity contribution in [2.24, 2.45) is 5.41 Å². The molecule has 0 aliphatic rings. The Labute approximate surface area is 122 Å². The molecule has 0 amide bonds. The molecule has 2 rings (SSSR count). The van der Waals surface area contributed by atoms with Gasteiger partial charge in [-0.15, -0.1) is 5.10 Å². The average molecular weight is 343 g/mol. The third-order valence-corrected chi connectivity index (χ3v) is 3.50. The third-order valence-electron chi connectivity index (χ3n) is 2.84. The Bertz CT molecular complexity index is 636. The molecule has 2 aromatic rings. The number of rotatable bonds is 4. The number of aromatic nitrogens is 4. The van der Waals surface area contributed by atoms with Crippen molar-refractivity contribution in [1.29, 1.82) is 0 Å². The first kappa shape index (κ1) is 14.6. The highest BCUT2D eigenvalue weighted by Crippen LogP contribution is 2.30. The Balaban J connectivity index is 2.47. The second-order valence-corrected chi connectivity index (χ2v) is 5.80. The smallest absolute Gasteiger partial charge is 0.310 e. The number of hydrogen-bond donors (Lipinski definition) is 1. The van der Waals surface area contributed by atoms with Crippen molar-refractivity contribution >= 4 is 21.9 Å². The Morgan fingerprint density at radius 1 is 1.50 bits per heavy atom. The second-order valence-electron chi connectivity index (χ2n) is 4.95. The molecule has 0 saturated heterocycles. The van der Waals surface area contributed by atoms with Gasteiger partial charge in [0.25, 0.3) is 0 Å². The first-order valence-corrected chi connectivity index (χ1v) is 6.56. The first-order valence-electron chi connectivity index (χ1n) is 5.77. The van der Waals surface area contributed by atoms with Crippen LogP contribution in [0.5, 0.6) is 0 Å². The van der Waals surface area contributed by atoms with E-state index < -0.39 is 17.2 Å². The zero-order valence-electron chi connectivity index (χ0n) is 10.8. The molecule has 0 aliphatic carbocycles. The monoisotopic (exact) mass is 342 g/mol. The number of halogens is 2. The van der Waals surface area contributed by atoms with Crippen LogP contribution < -0.4 is 0 Å². The van der Waals surface area contributed by atoms with Crippen LogP contribution in [0.1, 0.15) is 13.8 Å². The van der Waals surface area contributed by atoms with Crippen molar-refractivity contribution in [3.8, 4) is 11.4 Å². The Hall–Kier alpha value is -1.83. The summed E-state index contributed by atoms with van der Waals surface area (Å²) in [6.07, 6.45) is 0. The Kier molecular flexibility index (Phi) is 3.85. The molecule has 1 heterocycles. The van der Waals surface area contributed by atoms with Gasteiger partial charge in [-0.3, -0.25) is 4.79 Å². The number of carboxylic acids is 1. The molecule has 106 valence electrons. The topological polar surface area (TPSA) is 80.9 Å². The molecule has 0 radical (unpaired) electrons. The lowest BCUT2D eigenvalue weighted by molar-refractivity contribution is -0.147. The van der Waals surface area contributed by atoms with E-state index in [1.807, 2.05) is 0 Å². The molecule has 1 aromatic carbocycles. The van der Waals surface area contributed by atoms with Crippen LogP contribution in [0.2, 0.25) is 0 Å². The van der Waals surface area contributed by atoms with Crippen LogP contribution in [0.3, 0.4) is 0 Å². The fraction of sp³-hybridized carbons (Fsp3) is 0.333. The minimum absolute atomic E-state index is 0.0332. The van der Waals surface area contributed by atoms with E-state index in [-0.39, 0.29) is 17.9 Å². The molecule has 0 aliphatic heterocycles. The van der Waals surface area contributed by atoms with E-state index in [0.29, 0.717) is 4.47 Å². The molecule has 0 atom stereocenters. The standard InChI is InChI=1S/C12H12BrFN4O2/c1-12(2,11(19)20)6-18-10(15-16-17-18)9-7(13)4-3-5-8(9)14/h3-5H,6H2,1-2H3,(H,19,20). The van der Waals surface area contributed by atoms with Crippen molar-refractivity contribution in [3.63, 3.8) is 0 Å². The van der Waals surface area contributed by atoms with Crippen LogP contribution >= 0.6 is 15.9 Å². The van der Waals surface area contributed by atoms with Gasteiger partial charge in [0.1, 0.15) is 5.82 Å². The fourth-order valence-corrected chi connectivity index (χ4v) is 2.16. The second kappa shape index (κ2) is 5.28. The zero-order valence-corrected chi connectivity index (χ0v) is 12.4. The van der Waals surface area contributed by atoms with Gasteiger partial charge in [0, 0.05) is 4.47 Å². The van der Waals surface area contributed by atoms with Crippen LogP contribution in [0.25, 0.3) is 11.4 Å². The minimum Gasteiger partial charge on any atom is -0.481 e. The number of hydrogen-bond acceptors (Lipinski definition) is 4. The van der Waals surface area contributed by atoms with Crippen LogP contribution in [0, 0.1) is 11.2 Å². The molecule has 0 saturated carbocycles. The average Bonchev–Trinajstić information content (AvgIpc) is 2.76. The van der Waals surface area contributed by atoms with Crippen LogP contribution in [-0.4, -0.2) is 31.3 Å². The summed E-state index contributed by atoms with van der Waals surface area (Å²) in [5.74, 6) is -1.28. The lowest BCUT2D eigenvalue weighted by Gasteiger charge is -2.19. The number of carbonyl (C=O) groups is 1. The summed E-state index contributed by atoms with van der Waals surface area (Å²) in [5, 5.41) is 20.2. The summed E-state index contributed by atoms with van der Waals surface area (Å²) in [5.41, 5.74) is -0.860. The summed E-state index contributed by atoms with van der Waals surface area (Å²) in [7, 11) is 0. The van der Waals surface area contributed by atoms with Gasteiger partial charge in [0.05, 0.1) is 17.5 Å². The fourth-order valence-electron chi connectivity index (χ4n) is 1.64. The molecule has 0 fully saturated rings. The van der Waals surface area contributed by atoms with Crippen LogP contribution in [0.15, 0.2) is 22.7 Å². The zero-order chi connectivity index (χ0) is 14.9. The summed E-state index contributed by atoms with van der Waals surface area (Å²) >= 11 is 3.25. The van der Waals surface area contributed by atoms with E-state index in [2.05, 4.69) is 31.5 Å². The molecular formula is C12H12BrFN4O2. The summed E-state index contributed by atoms with van der Waals surface area (Å²) in [6.45, 7) is 3.14. The van der Waals surface area contributed by atoms with E-state index in [9.17, 15) is 9.18 Å². The molecule has 6 nitrogen and oxygen atoms in total. The number of aliphatic carboxylic acids is 1. The van der Waals surface area contributed by atoms with Crippen molar-refractivity contribution < 1.29 is 14.3 Å². The quantitative estimate of drug-likeness (QED) is 0.922. The maximum Gasteiger partial charge on any atom is 0.310 e. The minimum atomic E-state index is -1.07. The predicted molar refractivity (Wildman–Crippen MR) is 72.3 cm³/mol. The molecule has 20 heavy (non-hydrogen) atoms. The molecule has 0 spiro atoms. The van der Waals surface area contributed by atoms with Crippen LogP contribution in [0.4, 0.5) is 4.39 Å². The van der Waals surface area contributed by atoms with Crippen LogP contribution in [-0.2, 0) is 11.3 Å². The lowest BCUT2D eigenvalue weighted by atomic mass is 9.94. The van der Waals surface area contributed by atoms with E-state index in [1.54, 1.807) is 26.0 Å². The summed E-state index contributed by atoms with van der Waals surface area (Å²) < 4.78 is 15.7. The normalized spacial score (nSPS) is 11.6. The lowest BCUT2D eigenvalue weighted by Crippen LogP contribution is -2.30. The van der Waals surface area contributed by atoms with Gasteiger partial charge < -0.3 is 5.11 Å². The van der Waals surface area contributed by atoms with Gasteiger partial charge in [-0.1, -0.05) is 6.07 Å². The van der Waals surface area contributed by atoms with E-state index >= 15 is 0 Å². The number of benzene rings is 1. The number of carboxylic acid groups (broad SMARTS) is 1. The van der Waals surface area contributed by atoms with Gasteiger partial charge in [0.15, 0.2) is 5.82 Å². The molecule has 8 heteroatoms. The largest absolute Gasteiger partial charge is 0.481 e. The van der Waals surface area contributed by atoms with Crippen molar-refractivity contribution in [1.82, 2.24) is 20.2 Å². The number of tetrazole rings is 1. The van der Waals surface area contributed by atoms with Crippen molar-refractivity contribution in [2.75, 3.05) is 0 Å². The Morgan fingerprint density at radius 2 is 2.20 bits per heavy atom. The highest BCUT2D eigenvalue weighted by Gasteiger charge is 2.30. The van der Waals surface area contributed by atoms with E-state index in [0.717, 1.165) is 0 Å². The van der Waals surface area contributed by atoms with Gasteiger partial charge >= 0.3 is 5.97 Å². The van der Waals surface area contributed by atoms with E-state index in [4.69, 9.17) is 5.11 Å². The molecule has 1 N–H and O–H groups in total. The third kappa shape index (κ3) is 2.69. The van der Waals surface area contributed by atoms with Gasteiger partial charge in [-0.2, -0.15) is 0 Å². The van der Waals surface area contributed by atoms with Gasteiger partial charge in [-0.25, -0.2) is 9.07 Å². The maximum atomic E-state index is 13.9.